The van der Waals surface area contributed by atoms with Crippen molar-refractivity contribution in [2.24, 2.45) is 0 Å². The van der Waals surface area contributed by atoms with Crippen molar-refractivity contribution in [1.82, 2.24) is 9.88 Å². The van der Waals surface area contributed by atoms with Gasteiger partial charge in [-0.3, -0.25) is 4.79 Å². The number of carboxylic acid groups (broad SMARTS) is 1. The minimum absolute atomic E-state index is 0.00411. The van der Waals surface area contributed by atoms with Gasteiger partial charge in [-0.1, -0.05) is 18.2 Å². The SMILES string of the molecule is Cc1cccc2c(CCC(=O)N3CCC(O)(C(=O)O)CC3)c[nH]c12. The van der Waals surface area contributed by atoms with E-state index in [4.69, 9.17) is 5.11 Å². The fourth-order valence-electron chi connectivity index (χ4n) is 3.31. The zero-order valence-electron chi connectivity index (χ0n) is 13.7. The van der Waals surface area contributed by atoms with Crippen LogP contribution in [0.1, 0.15) is 30.4 Å². The molecule has 1 amide bonds. The van der Waals surface area contributed by atoms with E-state index in [0.717, 1.165) is 16.5 Å². The number of nitrogens with one attached hydrogen (secondary N) is 1. The molecule has 1 aromatic heterocycles. The molecule has 6 heteroatoms. The number of amides is 1. The quantitative estimate of drug-likeness (QED) is 0.797. The van der Waals surface area contributed by atoms with Gasteiger partial charge in [-0.15, -0.1) is 0 Å². The molecule has 0 unspecified atom stereocenters. The lowest BCUT2D eigenvalue weighted by Gasteiger charge is -2.35. The van der Waals surface area contributed by atoms with Gasteiger partial charge in [0, 0.05) is 49.5 Å². The van der Waals surface area contributed by atoms with Crippen LogP contribution in [0, 0.1) is 6.92 Å². The lowest BCUT2D eigenvalue weighted by atomic mass is 9.91. The van der Waals surface area contributed by atoms with E-state index in [9.17, 15) is 14.7 Å². The van der Waals surface area contributed by atoms with E-state index in [1.54, 1.807) is 4.90 Å². The van der Waals surface area contributed by atoms with Crippen LogP contribution in [-0.4, -0.2) is 50.7 Å². The second-order valence-electron chi connectivity index (χ2n) is 6.53. The lowest BCUT2D eigenvalue weighted by molar-refractivity contribution is -0.165. The average Bonchev–Trinajstić information content (AvgIpc) is 2.98. The number of hydrogen-bond donors (Lipinski definition) is 3. The number of hydrogen-bond acceptors (Lipinski definition) is 3. The molecule has 2 aromatic rings. The average molecular weight is 330 g/mol. The van der Waals surface area contributed by atoms with Crippen LogP contribution in [0.25, 0.3) is 10.9 Å². The molecule has 3 rings (SSSR count). The van der Waals surface area contributed by atoms with E-state index >= 15 is 0 Å². The standard InChI is InChI=1S/C18H22N2O4/c1-12-3-2-4-14-13(11-19-16(12)14)5-6-15(21)20-9-7-18(24,8-10-20)17(22)23/h2-4,11,19,24H,5-10H2,1H3,(H,22,23). The van der Waals surface area contributed by atoms with Crippen LogP contribution < -0.4 is 0 Å². The van der Waals surface area contributed by atoms with Gasteiger partial charge in [0.1, 0.15) is 0 Å². The first-order chi connectivity index (χ1) is 11.4. The summed E-state index contributed by atoms with van der Waals surface area (Å²) in [4.78, 5) is 28.3. The predicted octanol–water partition coefficient (Wildman–Crippen LogP) is 1.85. The van der Waals surface area contributed by atoms with Crippen molar-refractivity contribution in [3.63, 3.8) is 0 Å². The third kappa shape index (κ3) is 3.01. The number of H-pyrrole nitrogens is 1. The number of aromatic amines is 1. The number of aryl methyl sites for hydroxylation is 2. The minimum atomic E-state index is -1.69. The Morgan fingerprint density at radius 3 is 2.67 bits per heavy atom. The third-order valence-electron chi connectivity index (χ3n) is 4.96. The third-order valence-corrected chi connectivity index (χ3v) is 4.96. The van der Waals surface area contributed by atoms with Crippen molar-refractivity contribution in [3.8, 4) is 0 Å². The number of aliphatic hydroxyl groups is 1. The summed E-state index contributed by atoms with van der Waals surface area (Å²) < 4.78 is 0. The molecule has 2 heterocycles. The molecule has 3 N–H and O–H groups in total. The molecular formula is C18H22N2O4. The van der Waals surface area contributed by atoms with Gasteiger partial charge in [-0.2, -0.15) is 0 Å². The van der Waals surface area contributed by atoms with Crippen LogP contribution in [0.4, 0.5) is 0 Å². The van der Waals surface area contributed by atoms with Crippen molar-refractivity contribution < 1.29 is 19.8 Å². The summed E-state index contributed by atoms with van der Waals surface area (Å²) in [5.41, 5.74) is 1.70. The molecule has 0 radical (unpaired) electrons. The maximum atomic E-state index is 12.4. The molecule has 24 heavy (non-hydrogen) atoms. The number of nitrogens with zero attached hydrogens (tertiary/aromatic N) is 1. The summed E-state index contributed by atoms with van der Waals surface area (Å²) in [6.45, 7) is 2.62. The number of carboxylic acids is 1. The Hall–Kier alpha value is -2.34. The van der Waals surface area contributed by atoms with Gasteiger partial charge in [-0.05, 0) is 24.5 Å². The zero-order valence-corrected chi connectivity index (χ0v) is 13.7. The minimum Gasteiger partial charge on any atom is -0.479 e. The molecule has 1 saturated heterocycles. The number of rotatable bonds is 4. The second-order valence-corrected chi connectivity index (χ2v) is 6.53. The number of benzene rings is 1. The van der Waals surface area contributed by atoms with Gasteiger partial charge >= 0.3 is 5.97 Å². The summed E-state index contributed by atoms with van der Waals surface area (Å²) in [7, 11) is 0. The largest absolute Gasteiger partial charge is 0.479 e. The molecule has 6 nitrogen and oxygen atoms in total. The number of piperidine rings is 1. The van der Waals surface area contributed by atoms with E-state index in [-0.39, 0.29) is 31.8 Å². The molecule has 128 valence electrons. The van der Waals surface area contributed by atoms with E-state index in [1.807, 2.05) is 31.3 Å². The predicted molar refractivity (Wildman–Crippen MR) is 89.8 cm³/mol. The number of para-hydroxylation sites is 1. The molecule has 0 atom stereocenters. The normalized spacial score (nSPS) is 17.2. The number of carbonyl (C=O) groups excluding carboxylic acids is 1. The number of aromatic nitrogens is 1. The smallest absolute Gasteiger partial charge is 0.335 e. The highest BCUT2D eigenvalue weighted by atomic mass is 16.4. The Labute approximate surface area is 140 Å². The number of likely N-dealkylation sites (tertiary alicyclic amines) is 1. The first-order valence-electron chi connectivity index (χ1n) is 8.20. The second kappa shape index (κ2) is 6.28. The highest BCUT2D eigenvalue weighted by molar-refractivity contribution is 5.86. The van der Waals surface area contributed by atoms with Crippen LogP contribution in [0.2, 0.25) is 0 Å². The highest BCUT2D eigenvalue weighted by Gasteiger charge is 2.40. The van der Waals surface area contributed by atoms with Gasteiger partial charge in [0.25, 0.3) is 0 Å². The molecule has 0 bridgehead atoms. The lowest BCUT2D eigenvalue weighted by Crippen LogP contribution is -2.50. The number of fused-ring (bicyclic) bond motifs is 1. The van der Waals surface area contributed by atoms with Crippen LogP contribution in [0.3, 0.4) is 0 Å². The summed E-state index contributed by atoms with van der Waals surface area (Å²) in [5, 5.41) is 20.1. The number of carbonyl (C=O) groups is 2. The summed E-state index contributed by atoms with van der Waals surface area (Å²) in [6, 6.07) is 6.10. The Morgan fingerprint density at radius 1 is 1.29 bits per heavy atom. The Balaban J connectivity index is 1.60. The van der Waals surface area contributed by atoms with Crippen LogP contribution in [-0.2, 0) is 16.0 Å². The van der Waals surface area contributed by atoms with Crippen LogP contribution >= 0.6 is 0 Å². The van der Waals surface area contributed by atoms with Crippen molar-refractivity contribution in [1.29, 1.82) is 0 Å². The van der Waals surface area contributed by atoms with Gasteiger partial charge < -0.3 is 20.1 Å². The van der Waals surface area contributed by atoms with Gasteiger partial charge in [0.05, 0.1) is 0 Å². The molecule has 0 spiro atoms. The Morgan fingerprint density at radius 2 is 2.00 bits per heavy atom. The summed E-state index contributed by atoms with van der Waals surface area (Å²) in [5.74, 6) is -1.20. The molecule has 1 aromatic carbocycles. The van der Waals surface area contributed by atoms with Gasteiger partial charge in [-0.25, -0.2) is 4.79 Å². The molecule has 1 fully saturated rings. The Kier molecular flexibility index (Phi) is 4.32. The molecule has 0 aliphatic carbocycles. The van der Waals surface area contributed by atoms with Gasteiger partial charge in [0.2, 0.25) is 5.91 Å². The van der Waals surface area contributed by atoms with E-state index in [1.165, 1.54) is 5.56 Å². The molecular weight excluding hydrogens is 308 g/mol. The van der Waals surface area contributed by atoms with Crippen molar-refractivity contribution in [2.75, 3.05) is 13.1 Å². The Bertz CT molecular complexity index is 772. The van der Waals surface area contributed by atoms with Crippen molar-refractivity contribution in [2.45, 2.75) is 38.2 Å². The van der Waals surface area contributed by atoms with Gasteiger partial charge in [0.15, 0.2) is 5.60 Å². The van der Waals surface area contributed by atoms with Crippen molar-refractivity contribution >= 4 is 22.8 Å². The first kappa shape index (κ1) is 16.5. The van der Waals surface area contributed by atoms with E-state index < -0.39 is 11.6 Å². The van der Waals surface area contributed by atoms with E-state index in [0.29, 0.717) is 12.8 Å². The zero-order chi connectivity index (χ0) is 17.3. The number of aliphatic carboxylic acids is 1. The topological polar surface area (TPSA) is 93.6 Å². The summed E-state index contributed by atoms with van der Waals surface area (Å²) >= 11 is 0. The molecule has 1 aliphatic heterocycles. The fraction of sp³-hybridized carbons (Fsp3) is 0.444. The van der Waals surface area contributed by atoms with E-state index in [2.05, 4.69) is 4.98 Å². The fourth-order valence-corrected chi connectivity index (χ4v) is 3.31. The highest BCUT2D eigenvalue weighted by Crippen LogP contribution is 2.25. The molecule has 0 saturated carbocycles. The first-order valence-corrected chi connectivity index (χ1v) is 8.20. The van der Waals surface area contributed by atoms with Crippen LogP contribution in [0.5, 0.6) is 0 Å². The van der Waals surface area contributed by atoms with Crippen molar-refractivity contribution in [3.05, 3.63) is 35.5 Å². The van der Waals surface area contributed by atoms with Crippen LogP contribution in [0.15, 0.2) is 24.4 Å². The maximum absolute atomic E-state index is 12.4. The monoisotopic (exact) mass is 330 g/mol. The molecule has 1 aliphatic rings. The maximum Gasteiger partial charge on any atom is 0.335 e. The summed E-state index contributed by atoms with van der Waals surface area (Å²) in [6.07, 6.45) is 3.14.